The van der Waals surface area contributed by atoms with E-state index in [1.165, 1.54) is 32.1 Å². The van der Waals surface area contributed by atoms with E-state index in [0.717, 1.165) is 6.42 Å². The Morgan fingerprint density at radius 3 is 2.00 bits per heavy atom. The van der Waals surface area contributed by atoms with Crippen LogP contribution in [0.15, 0.2) is 23.3 Å². The van der Waals surface area contributed by atoms with Crippen LogP contribution in [-0.2, 0) is 0 Å². The zero-order valence-corrected chi connectivity index (χ0v) is 10.4. The van der Waals surface area contributed by atoms with Gasteiger partial charge in [0.05, 0.1) is 0 Å². The minimum absolute atomic E-state index is 1.16. The van der Waals surface area contributed by atoms with Crippen LogP contribution in [0.25, 0.3) is 0 Å². The van der Waals surface area contributed by atoms with Crippen molar-refractivity contribution in [3.05, 3.63) is 23.3 Å². The zero-order valence-electron chi connectivity index (χ0n) is 10.4. The molecule has 82 valence electrons. The van der Waals surface area contributed by atoms with Crippen molar-refractivity contribution in [3.8, 4) is 0 Å². The summed E-state index contributed by atoms with van der Waals surface area (Å²) in [6.07, 6.45) is 12.2. The molecule has 0 amide bonds. The van der Waals surface area contributed by atoms with Gasteiger partial charge in [0.1, 0.15) is 0 Å². The number of allylic oxidation sites excluding steroid dienone is 4. The summed E-state index contributed by atoms with van der Waals surface area (Å²) in [5, 5.41) is 0. The van der Waals surface area contributed by atoms with E-state index in [9.17, 15) is 0 Å². The maximum atomic E-state index is 2.44. The van der Waals surface area contributed by atoms with E-state index in [1.54, 1.807) is 11.1 Å². The molecule has 0 aromatic rings. The molecule has 0 bridgehead atoms. The van der Waals surface area contributed by atoms with Crippen molar-refractivity contribution in [1.82, 2.24) is 0 Å². The highest BCUT2D eigenvalue weighted by Gasteiger charge is 2.00. The van der Waals surface area contributed by atoms with Gasteiger partial charge in [0, 0.05) is 0 Å². The molecular weight excluding hydrogens is 168 g/mol. The second kappa shape index (κ2) is 9.05. The predicted octanol–water partition coefficient (Wildman–Crippen LogP) is 5.26. The van der Waals surface area contributed by atoms with E-state index in [0.29, 0.717) is 0 Å². The Balaban J connectivity index is 4.51. The molecule has 0 heteroatoms. The Morgan fingerprint density at radius 1 is 0.857 bits per heavy atom. The van der Waals surface area contributed by atoms with Gasteiger partial charge in [-0.15, -0.1) is 0 Å². The highest BCUT2D eigenvalue weighted by molar-refractivity contribution is 5.30. The zero-order chi connectivity index (χ0) is 10.8. The SMILES string of the molecule is CCC=C(CC)C(=CCCC)CCC. The summed E-state index contributed by atoms with van der Waals surface area (Å²) in [5.41, 5.74) is 3.17. The summed E-state index contributed by atoms with van der Waals surface area (Å²) in [7, 11) is 0. The van der Waals surface area contributed by atoms with Crippen molar-refractivity contribution in [1.29, 1.82) is 0 Å². The van der Waals surface area contributed by atoms with Gasteiger partial charge >= 0.3 is 0 Å². The van der Waals surface area contributed by atoms with Crippen molar-refractivity contribution >= 4 is 0 Å². The van der Waals surface area contributed by atoms with E-state index in [4.69, 9.17) is 0 Å². The molecule has 0 nitrogen and oxygen atoms in total. The lowest BCUT2D eigenvalue weighted by molar-refractivity contribution is 0.864. The molecule has 14 heavy (non-hydrogen) atoms. The van der Waals surface area contributed by atoms with Crippen molar-refractivity contribution < 1.29 is 0 Å². The Labute approximate surface area is 90.1 Å². The smallest absolute Gasteiger partial charge is 0.0282 e. The molecule has 0 N–H and O–H groups in total. The Morgan fingerprint density at radius 2 is 1.57 bits per heavy atom. The second-order valence-corrected chi connectivity index (χ2v) is 3.76. The summed E-state index contributed by atoms with van der Waals surface area (Å²) in [4.78, 5) is 0. The fourth-order valence-corrected chi connectivity index (χ4v) is 1.73. The Hall–Kier alpha value is -0.520. The van der Waals surface area contributed by atoms with E-state index in [-0.39, 0.29) is 0 Å². The molecule has 0 fully saturated rings. The summed E-state index contributed by atoms with van der Waals surface area (Å²) < 4.78 is 0. The molecule has 0 aliphatic rings. The average Bonchev–Trinajstić information content (AvgIpc) is 2.21. The first-order valence-corrected chi connectivity index (χ1v) is 6.18. The lowest BCUT2D eigenvalue weighted by atomic mass is 9.97. The fourth-order valence-electron chi connectivity index (χ4n) is 1.73. The summed E-state index contributed by atoms with van der Waals surface area (Å²) in [6.45, 7) is 8.99. The number of rotatable bonds is 7. The summed E-state index contributed by atoms with van der Waals surface area (Å²) in [6, 6.07) is 0. The summed E-state index contributed by atoms with van der Waals surface area (Å²) >= 11 is 0. The van der Waals surface area contributed by atoms with Gasteiger partial charge in [-0.1, -0.05) is 52.7 Å². The van der Waals surface area contributed by atoms with Gasteiger partial charge in [0.2, 0.25) is 0 Å². The third kappa shape index (κ3) is 5.26. The van der Waals surface area contributed by atoms with Crippen molar-refractivity contribution in [2.24, 2.45) is 0 Å². The van der Waals surface area contributed by atoms with Crippen LogP contribution in [0.4, 0.5) is 0 Å². The number of hydrogen-bond acceptors (Lipinski definition) is 0. The van der Waals surface area contributed by atoms with Crippen LogP contribution < -0.4 is 0 Å². The molecular formula is C14H26. The minimum atomic E-state index is 1.16. The van der Waals surface area contributed by atoms with Gasteiger partial charge < -0.3 is 0 Å². The fraction of sp³-hybridized carbons (Fsp3) is 0.714. The first kappa shape index (κ1) is 13.5. The minimum Gasteiger partial charge on any atom is -0.0813 e. The second-order valence-electron chi connectivity index (χ2n) is 3.76. The molecule has 0 saturated carbocycles. The van der Waals surface area contributed by atoms with Crippen LogP contribution in [0.2, 0.25) is 0 Å². The van der Waals surface area contributed by atoms with E-state index >= 15 is 0 Å². The molecule has 0 unspecified atom stereocenters. The van der Waals surface area contributed by atoms with Gasteiger partial charge in [-0.3, -0.25) is 0 Å². The molecule has 0 radical (unpaired) electrons. The van der Waals surface area contributed by atoms with Gasteiger partial charge in [0.25, 0.3) is 0 Å². The molecule has 0 heterocycles. The van der Waals surface area contributed by atoms with Crippen LogP contribution >= 0.6 is 0 Å². The molecule has 0 aliphatic carbocycles. The van der Waals surface area contributed by atoms with Crippen LogP contribution in [0.1, 0.15) is 66.2 Å². The molecule has 0 saturated heterocycles. The van der Waals surface area contributed by atoms with E-state index in [1.807, 2.05) is 0 Å². The Bertz CT molecular complexity index is 184. The summed E-state index contributed by atoms with van der Waals surface area (Å²) in [5.74, 6) is 0. The first-order valence-electron chi connectivity index (χ1n) is 6.18. The largest absolute Gasteiger partial charge is 0.0813 e. The third-order valence-electron chi connectivity index (χ3n) is 2.44. The predicted molar refractivity (Wildman–Crippen MR) is 66.6 cm³/mol. The normalized spacial score (nSPS) is 13.4. The lowest BCUT2D eigenvalue weighted by Crippen LogP contribution is -1.89. The van der Waals surface area contributed by atoms with Crippen LogP contribution in [0, 0.1) is 0 Å². The molecule has 0 rings (SSSR count). The monoisotopic (exact) mass is 194 g/mol. The Kier molecular flexibility index (Phi) is 8.72. The van der Waals surface area contributed by atoms with Gasteiger partial charge in [-0.2, -0.15) is 0 Å². The maximum absolute atomic E-state index is 2.44. The van der Waals surface area contributed by atoms with E-state index < -0.39 is 0 Å². The van der Waals surface area contributed by atoms with Crippen molar-refractivity contribution in [3.63, 3.8) is 0 Å². The molecule has 0 atom stereocenters. The highest BCUT2D eigenvalue weighted by Crippen LogP contribution is 2.20. The average molecular weight is 194 g/mol. The topological polar surface area (TPSA) is 0 Å². The van der Waals surface area contributed by atoms with Gasteiger partial charge in [0.15, 0.2) is 0 Å². The number of hydrogen-bond donors (Lipinski definition) is 0. The van der Waals surface area contributed by atoms with Crippen LogP contribution in [-0.4, -0.2) is 0 Å². The number of unbranched alkanes of at least 4 members (excludes halogenated alkanes) is 1. The standard InChI is InChI=1S/C14H26/c1-5-9-12-14(11-7-3)13(8-4)10-6-2/h10,12H,5-9,11H2,1-4H3. The van der Waals surface area contributed by atoms with Crippen molar-refractivity contribution in [2.45, 2.75) is 66.2 Å². The molecule has 0 aromatic heterocycles. The maximum Gasteiger partial charge on any atom is -0.0282 e. The van der Waals surface area contributed by atoms with Gasteiger partial charge in [-0.05, 0) is 36.8 Å². The third-order valence-corrected chi connectivity index (χ3v) is 2.44. The van der Waals surface area contributed by atoms with Gasteiger partial charge in [-0.25, -0.2) is 0 Å². The van der Waals surface area contributed by atoms with Crippen LogP contribution in [0.3, 0.4) is 0 Å². The van der Waals surface area contributed by atoms with E-state index in [2.05, 4.69) is 39.8 Å². The van der Waals surface area contributed by atoms with Crippen LogP contribution in [0.5, 0.6) is 0 Å². The quantitative estimate of drug-likeness (QED) is 0.485. The first-order chi connectivity index (χ1) is 6.79. The lowest BCUT2D eigenvalue weighted by Gasteiger charge is -2.09. The highest BCUT2D eigenvalue weighted by atomic mass is 14.1. The van der Waals surface area contributed by atoms with Crippen molar-refractivity contribution in [2.75, 3.05) is 0 Å². The molecule has 0 aliphatic heterocycles. The molecule has 0 spiro atoms. The molecule has 0 aromatic carbocycles.